The minimum atomic E-state index is -3.95. The third kappa shape index (κ3) is 3.97. The highest BCUT2D eigenvalue weighted by Crippen LogP contribution is 2.21. The second-order valence-electron chi connectivity index (χ2n) is 5.52. The number of nitro benzene ring substituents is 1. The van der Waals surface area contributed by atoms with Crippen LogP contribution in [0, 0.1) is 10.1 Å². The zero-order valence-corrected chi connectivity index (χ0v) is 15.7. The highest BCUT2D eigenvalue weighted by Gasteiger charge is 2.18. The van der Waals surface area contributed by atoms with E-state index in [1.165, 1.54) is 38.8 Å². The summed E-state index contributed by atoms with van der Waals surface area (Å²) in [6.07, 6.45) is 0. The Bertz CT molecular complexity index is 1130. The van der Waals surface area contributed by atoms with Gasteiger partial charge < -0.3 is 0 Å². The van der Waals surface area contributed by atoms with Gasteiger partial charge in [0.15, 0.2) is 5.82 Å². The van der Waals surface area contributed by atoms with Crippen molar-refractivity contribution in [2.24, 2.45) is 7.05 Å². The van der Waals surface area contributed by atoms with Crippen molar-refractivity contribution in [1.82, 2.24) is 19.1 Å². The SMILES string of the molecule is Cn1c(-c2cccs2)nn(CCNS(=O)(=O)c2cccc([N+](=O)[O-])c2)c1=O. The zero-order valence-electron chi connectivity index (χ0n) is 14.1. The second-order valence-corrected chi connectivity index (χ2v) is 8.23. The maximum atomic E-state index is 12.3. The molecule has 2 heterocycles. The molecule has 10 nitrogen and oxygen atoms in total. The van der Waals surface area contributed by atoms with Crippen molar-refractivity contribution in [2.45, 2.75) is 11.4 Å². The molecule has 0 radical (unpaired) electrons. The molecule has 0 aliphatic heterocycles. The number of sulfonamides is 1. The van der Waals surface area contributed by atoms with Gasteiger partial charge in [-0.25, -0.2) is 22.6 Å². The van der Waals surface area contributed by atoms with Crippen LogP contribution in [0.25, 0.3) is 10.7 Å². The van der Waals surface area contributed by atoms with Gasteiger partial charge in [0, 0.05) is 25.7 Å². The van der Waals surface area contributed by atoms with Crippen LogP contribution in [0.5, 0.6) is 0 Å². The Labute approximate surface area is 157 Å². The van der Waals surface area contributed by atoms with Gasteiger partial charge in [0.2, 0.25) is 10.0 Å². The minimum absolute atomic E-state index is 0.0200. The molecule has 142 valence electrons. The molecule has 0 atom stereocenters. The highest BCUT2D eigenvalue weighted by atomic mass is 32.2. The summed E-state index contributed by atoms with van der Waals surface area (Å²) >= 11 is 1.44. The lowest BCUT2D eigenvalue weighted by Crippen LogP contribution is -2.31. The molecule has 2 aromatic heterocycles. The summed E-state index contributed by atoms with van der Waals surface area (Å²) in [6, 6.07) is 8.42. The first-order chi connectivity index (χ1) is 12.8. The molecular weight excluding hydrogens is 394 g/mol. The summed E-state index contributed by atoms with van der Waals surface area (Å²) in [5.74, 6) is 0.497. The third-order valence-corrected chi connectivity index (χ3v) is 6.06. The van der Waals surface area contributed by atoms with Crippen molar-refractivity contribution in [3.05, 3.63) is 62.4 Å². The molecule has 0 aliphatic rings. The molecule has 0 fully saturated rings. The van der Waals surface area contributed by atoms with Crippen LogP contribution in [0.4, 0.5) is 5.69 Å². The molecule has 0 saturated heterocycles. The number of hydrogen-bond acceptors (Lipinski definition) is 7. The first-order valence-electron chi connectivity index (χ1n) is 7.71. The van der Waals surface area contributed by atoms with Crippen molar-refractivity contribution in [1.29, 1.82) is 0 Å². The summed E-state index contributed by atoms with van der Waals surface area (Å²) in [4.78, 5) is 23.0. The lowest BCUT2D eigenvalue weighted by Gasteiger charge is -2.06. The summed E-state index contributed by atoms with van der Waals surface area (Å²) in [7, 11) is -2.36. The van der Waals surface area contributed by atoms with E-state index in [1.54, 1.807) is 7.05 Å². The maximum Gasteiger partial charge on any atom is 0.345 e. The molecule has 1 N–H and O–H groups in total. The summed E-state index contributed by atoms with van der Waals surface area (Å²) < 4.78 is 29.5. The lowest BCUT2D eigenvalue weighted by atomic mass is 10.3. The number of non-ortho nitro benzene ring substituents is 1. The maximum absolute atomic E-state index is 12.3. The largest absolute Gasteiger partial charge is 0.345 e. The van der Waals surface area contributed by atoms with Crippen LogP contribution in [0.2, 0.25) is 0 Å². The van der Waals surface area contributed by atoms with E-state index in [4.69, 9.17) is 0 Å². The van der Waals surface area contributed by atoms with E-state index >= 15 is 0 Å². The van der Waals surface area contributed by atoms with Crippen LogP contribution in [0.15, 0.2) is 51.5 Å². The number of thiophene rings is 1. The number of nitrogens with one attached hydrogen (secondary N) is 1. The van der Waals surface area contributed by atoms with Crippen LogP contribution >= 0.6 is 11.3 Å². The number of benzene rings is 1. The number of hydrogen-bond donors (Lipinski definition) is 1. The summed E-state index contributed by atoms with van der Waals surface area (Å²) in [5, 5.41) is 16.9. The van der Waals surface area contributed by atoms with Gasteiger partial charge in [-0.1, -0.05) is 12.1 Å². The van der Waals surface area contributed by atoms with Gasteiger partial charge >= 0.3 is 5.69 Å². The fraction of sp³-hybridized carbons (Fsp3) is 0.200. The monoisotopic (exact) mass is 409 g/mol. The van der Waals surface area contributed by atoms with Crippen LogP contribution in [0.3, 0.4) is 0 Å². The first-order valence-corrected chi connectivity index (χ1v) is 10.1. The zero-order chi connectivity index (χ0) is 19.6. The molecule has 3 rings (SSSR count). The molecule has 0 bridgehead atoms. The van der Waals surface area contributed by atoms with E-state index < -0.39 is 14.9 Å². The molecule has 0 aliphatic carbocycles. The molecule has 1 aromatic carbocycles. The van der Waals surface area contributed by atoms with Crippen LogP contribution in [-0.4, -0.2) is 34.2 Å². The normalized spacial score (nSPS) is 11.6. The smallest absolute Gasteiger partial charge is 0.277 e. The van der Waals surface area contributed by atoms with E-state index in [2.05, 4.69) is 9.82 Å². The van der Waals surface area contributed by atoms with Crippen molar-refractivity contribution in [3.8, 4) is 10.7 Å². The predicted octanol–water partition coefficient (Wildman–Crippen LogP) is 1.20. The number of rotatable bonds is 7. The van der Waals surface area contributed by atoms with E-state index in [1.807, 2.05) is 17.5 Å². The molecule has 0 amide bonds. The van der Waals surface area contributed by atoms with Gasteiger partial charge in [-0.3, -0.25) is 14.7 Å². The van der Waals surface area contributed by atoms with Gasteiger partial charge in [0.25, 0.3) is 5.69 Å². The van der Waals surface area contributed by atoms with Gasteiger partial charge in [0.05, 0.1) is 21.2 Å². The molecule has 27 heavy (non-hydrogen) atoms. The Morgan fingerprint density at radius 1 is 1.30 bits per heavy atom. The summed E-state index contributed by atoms with van der Waals surface area (Å²) in [6.45, 7) is -0.0714. The Morgan fingerprint density at radius 3 is 2.74 bits per heavy atom. The average Bonchev–Trinajstić information content (AvgIpc) is 3.26. The summed E-state index contributed by atoms with van der Waals surface area (Å²) in [5.41, 5.74) is -0.688. The number of aromatic nitrogens is 3. The minimum Gasteiger partial charge on any atom is -0.277 e. The van der Waals surface area contributed by atoms with Gasteiger partial charge in [-0.05, 0) is 17.5 Å². The van der Waals surface area contributed by atoms with Crippen molar-refractivity contribution in [2.75, 3.05) is 6.54 Å². The standard InChI is InChI=1S/C15H15N5O5S2/c1-18-14(13-6-3-9-26-13)17-19(15(18)21)8-7-16-27(24,25)12-5-2-4-11(10-12)20(22)23/h2-6,9-10,16H,7-8H2,1H3. The third-order valence-electron chi connectivity index (χ3n) is 3.74. The Kier molecular flexibility index (Phi) is 5.21. The lowest BCUT2D eigenvalue weighted by molar-refractivity contribution is -0.385. The topological polar surface area (TPSA) is 129 Å². The van der Waals surface area contributed by atoms with Crippen LogP contribution in [0.1, 0.15) is 0 Å². The van der Waals surface area contributed by atoms with E-state index in [9.17, 15) is 23.3 Å². The molecule has 3 aromatic rings. The van der Waals surface area contributed by atoms with Gasteiger partial charge in [-0.15, -0.1) is 16.4 Å². The Morgan fingerprint density at radius 2 is 2.07 bits per heavy atom. The first kappa shape index (κ1) is 18.9. The van der Waals surface area contributed by atoms with Gasteiger partial charge in [0.1, 0.15) is 0 Å². The predicted molar refractivity (Wildman–Crippen MR) is 99.1 cm³/mol. The van der Waals surface area contributed by atoms with Gasteiger partial charge in [-0.2, -0.15) is 0 Å². The Hall–Kier alpha value is -2.83. The van der Waals surface area contributed by atoms with Crippen LogP contribution < -0.4 is 10.4 Å². The Balaban J connectivity index is 1.73. The molecule has 0 spiro atoms. The second kappa shape index (κ2) is 7.42. The quantitative estimate of drug-likeness (QED) is 0.461. The number of nitrogens with zero attached hydrogens (tertiary/aromatic N) is 4. The van der Waals surface area contributed by atoms with Crippen molar-refractivity contribution >= 4 is 27.0 Å². The van der Waals surface area contributed by atoms with E-state index in [-0.39, 0.29) is 29.4 Å². The molecular formula is C15H15N5O5S2. The van der Waals surface area contributed by atoms with E-state index in [0.29, 0.717) is 5.82 Å². The molecule has 12 heteroatoms. The number of nitro groups is 1. The van der Waals surface area contributed by atoms with E-state index in [0.717, 1.165) is 10.9 Å². The highest BCUT2D eigenvalue weighted by molar-refractivity contribution is 7.89. The molecule has 0 saturated carbocycles. The molecule has 0 unspecified atom stereocenters. The fourth-order valence-electron chi connectivity index (χ4n) is 2.39. The van der Waals surface area contributed by atoms with Crippen LogP contribution in [-0.2, 0) is 23.6 Å². The van der Waals surface area contributed by atoms with Crippen molar-refractivity contribution < 1.29 is 13.3 Å². The van der Waals surface area contributed by atoms with Crippen molar-refractivity contribution in [3.63, 3.8) is 0 Å². The fourth-order valence-corrected chi connectivity index (χ4v) is 4.19. The average molecular weight is 409 g/mol.